The van der Waals surface area contributed by atoms with Crippen molar-refractivity contribution in [2.24, 2.45) is 5.73 Å². The van der Waals surface area contributed by atoms with Crippen molar-refractivity contribution in [2.75, 3.05) is 5.32 Å². The summed E-state index contributed by atoms with van der Waals surface area (Å²) in [5.74, 6) is -0.0726. The molecule has 0 aliphatic heterocycles. The van der Waals surface area contributed by atoms with Gasteiger partial charge in [-0.05, 0) is 30.7 Å². The van der Waals surface area contributed by atoms with Gasteiger partial charge in [0.2, 0.25) is 5.91 Å². The van der Waals surface area contributed by atoms with Gasteiger partial charge >= 0.3 is 0 Å². The minimum absolute atomic E-state index is 0.277. The maximum absolute atomic E-state index is 11.1. The topological polar surface area (TPSA) is 85.3 Å². The van der Waals surface area contributed by atoms with E-state index in [0.717, 1.165) is 16.9 Å². The number of amides is 1. The molecule has 0 aliphatic carbocycles. The molecule has 3 aromatic rings. The summed E-state index contributed by atoms with van der Waals surface area (Å²) in [7, 11) is 0. The molecule has 0 fully saturated rings. The number of rotatable bonds is 4. The third-order valence-electron chi connectivity index (χ3n) is 3.23. The van der Waals surface area contributed by atoms with Gasteiger partial charge in [-0.2, -0.15) is 0 Å². The molecule has 1 amide bonds. The molecule has 112 valence electrons. The Bertz CT molecular complexity index is 858. The number of hydrogen-bond donors (Lipinski definition) is 2. The molecule has 0 aromatic carbocycles. The average molecular weight is 316 g/mol. The van der Waals surface area contributed by atoms with E-state index in [4.69, 9.17) is 17.3 Å². The first-order chi connectivity index (χ1) is 10.5. The number of imidazole rings is 1. The second-order valence-electron chi connectivity index (χ2n) is 4.97. The van der Waals surface area contributed by atoms with Crippen LogP contribution < -0.4 is 11.1 Å². The highest BCUT2D eigenvalue weighted by atomic mass is 35.5. The summed E-state index contributed by atoms with van der Waals surface area (Å²) in [5.41, 5.74) is 8.37. The first-order valence-electron chi connectivity index (χ1n) is 6.66. The predicted octanol–water partition coefficient (Wildman–Crippen LogP) is 2.40. The smallest absolute Gasteiger partial charge is 0.250 e. The quantitative estimate of drug-likeness (QED) is 0.774. The lowest BCUT2D eigenvalue weighted by molar-refractivity contribution is 0.1000. The van der Waals surface area contributed by atoms with E-state index in [2.05, 4.69) is 15.3 Å². The molecular weight excluding hydrogens is 302 g/mol. The number of halogens is 1. The molecule has 0 unspecified atom stereocenters. The highest BCUT2D eigenvalue weighted by Gasteiger charge is 2.08. The lowest BCUT2D eigenvalue weighted by Gasteiger charge is -2.06. The average Bonchev–Trinajstić information content (AvgIpc) is 2.87. The maximum atomic E-state index is 11.1. The van der Waals surface area contributed by atoms with Crippen molar-refractivity contribution in [1.29, 1.82) is 0 Å². The molecule has 3 aromatic heterocycles. The number of anilines is 1. The van der Waals surface area contributed by atoms with Crippen LogP contribution in [0.1, 0.15) is 21.6 Å². The van der Waals surface area contributed by atoms with Crippen molar-refractivity contribution in [2.45, 2.75) is 13.5 Å². The van der Waals surface area contributed by atoms with E-state index in [1.54, 1.807) is 0 Å². The summed E-state index contributed by atoms with van der Waals surface area (Å²) < 4.78 is 1.95. The van der Waals surface area contributed by atoms with Gasteiger partial charge in [0.15, 0.2) is 0 Å². The van der Waals surface area contributed by atoms with Crippen LogP contribution in [0.15, 0.2) is 36.8 Å². The molecule has 3 heterocycles. The van der Waals surface area contributed by atoms with E-state index < -0.39 is 5.91 Å². The summed E-state index contributed by atoms with van der Waals surface area (Å²) in [4.78, 5) is 19.7. The first-order valence-corrected chi connectivity index (χ1v) is 7.04. The van der Waals surface area contributed by atoms with Crippen LogP contribution in [0.25, 0.3) is 5.65 Å². The summed E-state index contributed by atoms with van der Waals surface area (Å²) >= 11 is 6.08. The van der Waals surface area contributed by atoms with Crippen molar-refractivity contribution in [3.05, 3.63) is 58.6 Å². The summed E-state index contributed by atoms with van der Waals surface area (Å²) in [6.45, 7) is 2.50. The third-order valence-corrected chi connectivity index (χ3v) is 3.52. The van der Waals surface area contributed by atoms with Crippen LogP contribution in [0.3, 0.4) is 0 Å². The molecule has 0 spiro atoms. The molecule has 0 radical (unpaired) electrons. The van der Waals surface area contributed by atoms with E-state index in [1.807, 2.05) is 35.9 Å². The van der Waals surface area contributed by atoms with E-state index >= 15 is 0 Å². The van der Waals surface area contributed by atoms with Gasteiger partial charge in [0.25, 0.3) is 0 Å². The Balaban J connectivity index is 1.77. The van der Waals surface area contributed by atoms with Crippen molar-refractivity contribution in [3.8, 4) is 0 Å². The SMILES string of the molecule is Cc1ccn2cc(CNc3ncc(C(N)=O)cc3Cl)nc2c1. The Kier molecular flexibility index (Phi) is 3.68. The molecule has 7 heteroatoms. The number of aryl methyl sites for hydroxylation is 1. The van der Waals surface area contributed by atoms with Crippen LogP contribution in [0.4, 0.5) is 5.82 Å². The fourth-order valence-electron chi connectivity index (χ4n) is 2.10. The van der Waals surface area contributed by atoms with Crippen molar-refractivity contribution in [1.82, 2.24) is 14.4 Å². The Morgan fingerprint density at radius 2 is 2.27 bits per heavy atom. The molecule has 22 heavy (non-hydrogen) atoms. The zero-order valence-corrected chi connectivity index (χ0v) is 12.6. The van der Waals surface area contributed by atoms with Gasteiger partial charge < -0.3 is 15.5 Å². The molecule has 3 N–H and O–H groups in total. The van der Waals surface area contributed by atoms with Crippen LogP contribution in [0, 0.1) is 6.92 Å². The molecule has 6 nitrogen and oxygen atoms in total. The molecule has 0 saturated heterocycles. The zero-order valence-electron chi connectivity index (χ0n) is 11.9. The highest BCUT2D eigenvalue weighted by molar-refractivity contribution is 6.33. The van der Waals surface area contributed by atoms with Gasteiger partial charge in [0.1, 0.15) is 11.5 Å². The number of nitrogens with one attached hydrogen (secondary N) is 1. The fourth-order valence-corrected chi connectivity index (χ4v) is 2.33. The number of carbonyl (C=O) groups is 1. The number of aromatic nitrogens is 3. The summed E-state index contributed by atoms with van der Waals surface area (Å²) in [5, 5.41) is 3.44. The highest BCUT2D eigenvalue weighted by Crippen LogP contribution is 2.20. The number of hydrogen-bond acceptors (Lipinski definition) is 4. The monoisotopic (exact) mass is 315 g/mol. The number of carbonyl (C=O) groups excluding carboxylic acids is 1. The molecule has 0 saturated carbocycles. The van der Waals surface area contributed by atoms with Crippen LogP contribution in [-0.2, 0) is 6.54 Å². The number of nitrogens with two attached hydrogens (primary N) is 1. The van der Waals surface area contributed by atoms with Crippen LogP contribution in [0.5, 0.6) is 0 Å². The van der Waals surface area contributed by atoms with Gasteiger partial charge in [0.05, 0.1) is 22.8 Å². The first kappa shape index (κ1) is 14.3. The van der Waals surface area contributed by atoms with Crippen molar-refractivity contribution < 1.29 is 4.79 Å². The fraction of sp³-hybridized carbons (Fsp3) is 0.133. The number of pyridine rings is 2. The summed E-state index contributed by atoms with van der Waals surface area (Å²) in [6.07, 6.45) is 5.30. The molecular formula is C15H14ClN5O. The van der Waals surface area contributed by atoms with Crippen LogP contribution >= 0.6 is 11.6 Å². The van der Waals surface area contributed by atoms with Gasteiger partial charge in [-0.1, -0.05) is 11.6 Å². The Morgan fingerprint density at radius 3 is 3.00 bits per heavy atom. The standard InChI is InChI=1S/C15H14ClN5O/c1-9-2-3-21-8-11(20-13(21)4-9)7-19-15-12(16)5-10(6-18-15)14(17)22/h2-6,8H,7H2,1H3,(H2,17,22)(H,18,19). The van der Waals surface area contributed by atoms with E-state index in [1.165, 1.54) is 12.3 Å². The summed E-state index contributed by atoms with van der Waals surface area (Å²) in [6, 6.07) is 5.52. The molecule has 3 rings (SSSR count). The van der Waals surface area contributed by atoms with Crippen molar-refractivity contribution >= 4 is 29.0 Å². The molecule has 0 bridgehead atoms. The van der Waals surface area contributed by atoms with Crippen molar-refractivity contribution in [3.63, 3.8) is 0 Å². The van der Waals surface area contributed by atoms with Crippen LogP contribution in [-0.4, -0.2) is 20.3 Å². The number of primary amides is 1. The normalized spacial score (nSPS) is 10.8. The Labute approximate surface area is 131 Å². The lowest BCUT2D eigenvalue weighted by Crippen LogP contribution is -2.12. The van der Waals surface area contributed by atoms with Crippen LogP contribution in [0.2, 0.25) is 5.02 Å². The molecule has 0 atom stereocenters. The minimum Gasteiger partial charge on any atom is -0.366 e. The predicted molar refractivity (Wildman–Crippen MR) is 85.0 cm³/mol. The zero-order chi connectivity index (χ0) is 15.7. The number of nitrogens with zero attached hydrogens (tertiary/aromatic N) is 3. The Hall–Kier alpha value is -2.60. The van der Waals surface area contributed by atoms with Gasteiger partial charge in [-0.3, -0.25) is 4.79 Å². The second kappa shape index (κ2) is 5.65. The second-order valence-corrected chi connectivity index (χ2v) is 5.38. The lowest BCUT2D eigenvalue weighted by atomic mass is 10.2. The Morgan fingerprint density at radius 1 is 1.45 bits per heavy atom. The maximum Gasteiger partial charge on any atom is 0.250 e. The molecule has 0 aliphatic rings. The van der Waals surface area contributed by atoms with E-state index in [-0.39, 0.29) is 5.56 Å². The van der Waals surface area contributed by atoms with Gasteiger partial charge in [-0.25, -0.2) is 9.97 Å². The third kappa shape index (κ3) is 2.87. The minimum atomic E-state index is -0.559. The van der Waals surface area contributed by atoms with Gasteiger partial charge in [0, 0.05) is 18.6 Å². The van der Waals surface area contributed by atoms with E-state index in [0.29, 0.717) is 17.4 Å². The largest absolute Gasteiger partial charge is 0.366 e. The van der Waals surface area contributed by atoms with E-state index in [9.17, 15) is 4.79 Å². The van der Waals surface area contributed by atoms with Gasteiger partial charge in [-0.15, -0.1) is 0 Å². The number of fused-ring (bicyclic) bond motifs is 1.